The van der Waals surface area contributed by atoms with E-state index in [2.05, 4.69) is 6.92 Å². The van der Waals surface area contributed by atoms with Crippen LogP contribution in [-0.4, -0.2) is 87.0 Å². The molecule has 0 aromatic heterocycles. The Balaban J connectivity index is 0.000000339. The zero-order valence-electron chi connectivity index (χ0n) is 14.5. The zero-order chi connectivity index (χ0) is 17.9. The van der Waals surface area contributed by atoms with Crippen LogP contribution < -0.4 is 0 Å². The second-order valence-corrected chi connectivity index (χ2v) is 10.0. The highest BCUT2D eigenvalue weighted by molar-refractivity contribution is 8.20. The number of rotatable bonds is 3. The van der Waals surface area contributed by atoms with Crippen LogP contribution in [0.2, 0.25) is 0 Å². The first-order valence-corrected chi connectivity index (χ1v) is 11.2. The lowest BCUT2D eigenvalue weighted by Crippen LogP contribution is -2.13. The van der Waals surface area contributed by atoms with Crippen LogP contribution in [0.4, 0.5) is 0 Å². The molecule has 6 atom stereocenters. The van der Waals surface area contributed by atoms with E-state index in [-0.39, 0.29) is 38.5 Å². The van der Waals surface area contributed by atoms with E-state index in [1.165, 1.54) is 5.75 Å². The number of aliphatic hydroxyl groups excluding tert-OH is 3. The predicted octanol–water partition coefficient (Wildman–Crippen LogP) is 2.01. The zero-order valence-corrected chi connectivity index (χ0v) is 16.9. The minimum Gasteiger partial charge on any atom is -0.394 e. The van der Waals surface area contributed by atoms with E-state index >= 15 is 0 Å². The van der Waals surface area contributed by atoms with Crippen molar-refractivity contribution in [2.24, 2.45) is 0 Å². The fraction of sp³-hybridized carbons (Fsp3) is 1.00. The van der Waals surface area contributed by atoms with E-state index in [1.54, 1.807) is 11.8 Å². The van der Waals surface area contributed by atoms with E-state index in [9.17, 15) is 0 Å². The first kappa shape index (κ1) is 25.8. The molecule has 3 aliphatic rings. The van der Waals surface area contributed by atoms with Gasteiger partial charge in [-0.25, -0.2) is 0 Å². The monoisotopic (exact) mass is 418 g/mol. The molecule has 3 heterocycles. The van der Waals surface area contributed by atoms with Gasteiger partial charge in [0.25, 0.3) is 0 Å². The summed E-state index contributed by atoms with van der Waals surface area (Å²) in [6.07, 6.45) is 0.106. The van der Waals surface area contributed by atoms with Crippen molar-refractivity contribution in [1.82, 2.24) is 0 Å². The van der Waals surface area contributed by atoms with E-state index < -0.39 is 0 Å². The van der Waals surface area contributed by atoms with E-state index in [0.717, 1.165) is 11.0 Å². The molecule has 0 aliphatic carbocycles. The van der Waals surface area contributed by atoms with Crippen LogP contribution in [0.15, 0.2) is 0 Å². The Hall–Kier alpha value is 0.810. The molecule has 3 aliphatic heterocycles. The Kier molecular flexibility index (Phi) is 15.3. The summed E-state index contributed by atoms with van der Waals surface area (Å²) in [6.45, 7) is 7.18. The average molecular weight is 419 g/mol. The summed E-state index contributed by atoms with van der Waals surface area (Å²) in [5.41, 5.74) is 0.0463. The van der Waals surface area contributed by atoms with Crippen LogP contribution in [-0.2, 0) is 14.2 Å². The first-order chi connectivity index (χ1) is 11.5. The molecule has 0 amide bonds. The molecule has 0 radical (unpaired) electrons. The van der Waals surface area contributed by atoms with Crippen LogP contribution in [0.5, 0.6) is 0 Å². The van der Waals surface area contributed by atoms with Gasteiger partial charge in [-0.15, -0.1) is 35.3 Å². The summed E-state index contributed by atoms with van der Waals surface area (Å²) in [7, 11) is 0. The van der Waals surface area contributed by atoms with Gasteiger partial charge in [0.15, 0.2) is 6.29 Å². The van der Waals surface area contributed by atoms with Crippen molar-refractivity contribution in [2.45, 2.75) is 62.0 Å². The standard InChI is InChI=1S/C5H10O3.C5H10O2S.C5H10OS2.CH4/c1-4-3-7-5(2-6)8-4;1-4-3-8-5(2-6)7-4;1-4-3-7-5(2-6)8-4;/h3*4-6H,2-3H2,1H3;1H4/t4-,5+;4-,5-;4-,5+;/m000./s1. The van der Waals surface area contributed by atoms with Crippen molar-refractivity contribution >= 4 is 35.3 Å². The minimum atomic E-state index is -0.370. The molecule has 0 spiro atoms. The predicted molar refractivity (Wildman–Crippen MR) is 108 cm³/mol. The fourth-order valence-electron chi connectivity index (χ4n) is 2.03. The molecule has 0 aromatic carbocycles. The summed E-state index contributed by atoms with van der Waals surface area (Å²) in [5.74, 6) is 2.22. The molecular weight excluding hydrogens is 384 g/mol. The molecule has 0 aromatic rings. The highest BCUT2D eigenvalue weighted by Gasteiger charge is 2.22. The van der Waals surface area contributed by atoms with Crippen molar-refractivity contribution in [1.29, 1.82) is 0 Å². The topological polar surface area (TPSA) is 88.4 Å². The number of hydrogen-bond donors (Lipinski definition) is 3. The summed E-state index contributed by atoms with van der Waals surface area (Å²) >= 11 is 5.42. The third kappa shape index (κ3) is 11.3. The van der Waals surface area contributed by atoms with Crippen LogP contribution in [0.3, 0.4) is 0 Å². The van der Waals surface area contributed by atoms with Crippen LogP contribution >= 0.6 is 35.3 Å². The number of aliphatic hydroxyl groups is 3. The van der Waals surface area contributed by atoms with Gasteiger partial charge in [-0.3, -0.25) is 0 Å². The Bertz CT molecular complexity index is 279. The van der Waals surface area contributed by atoms with Gasteiger partial charge in [0, 0.05) is 16.8 Å². The van der Waals surface area contributed by atoms with Crippen molar-refractivity contribution in [3.05, 3.63) is 0 Å². The molecular formula is C16H34O6S3. The molecule has 3 rings (SSSR count). The second kappa shape index (κ2) is 14.8. The molecule has 6 nitrogen and oxygen atoms in total. The highest BCUT2D eigenvalue weighted by atomic mass is 32.2. The van der Waals surface area contributed by atoms with Crippen molar-refractivity contribution in [3.8, 4) is 0 Å². The lowest BCUT2D eigenvalue weighted by atomic mass is 10.5. The lowest BCUT2D eigenvalue weighted by molar-refractivity contribution is -0.0853. The minimum absolute atomic E-state index is 0. The Morgan fingerprint density at radius 3 is 1.84 bits per heavy atom. The highest BCUT2D eigenvalue weighted by Crippen LogP contribution is 2.36. The van der Waals surface area contributed by atoms with Crippen LogP contribution in [0, 0.1) is 0 Å². The Labute approximate surface area is 164 Å². The summed E-state index contributed by atoms with van der Waals surface area (Å²) in [6, 6.07) is 0. The van der Waals surface area contributed by atoms with Crippen molar-refractivity contribution in [3.63, 3.8) is 0 Å². The summed E-state index contributed by atoms with van der Waals surface area (Å²) in [4.78, 5) is 0. The van der Waals surface area contributed by atoms with E-state index in [1.807, 2.05) is 37.4 Å². The maximum Gasteiger partial charge on any atom is 0.181 e. The van der Waals surface area contributed by atoms with Gasteiger partial charge >= 0.3 is 0 Å². The third-order valence-corrected chi connectivity index (χ3v) is 7.69. The lowest BCUT2D eigenvalue weighted by Gasteiger charge is -2.03. The Morgan fingerprint density at radius 1 is 0.880 bits per heavy atom. The van der Waals surface area contributed by atoms with Gasteiger partial charge in [-0.2, -0.15) is 0 Å². The molecule has 3 N–H and O–H groups in total. The average Bonchev–Trinajstić information content (AvgIpc) is 3.30. The normalized spacial score (nSPS) is 36.7. The van der Waals surface area contributed by atoms with Gasteiger partial charge in [0.1, 0.15) is 5.44 Å². The van der Waals surface area contributed by atoms with Gasteiger partial charge < -0.3 is 29.5 Å². The fourth-order valence-corrected chi connectivity index (χ4v) is 5.83. The number of hydrogen-bond acceptors (Lipinski definition) is 9. The van der Waals surface area contributed by atoms with Gasteiger partial charge in [0.05, 0.1) is 43.2 Å². The molecule has 152 valence electrons. The smallest absolute Gasteiger partial charge is 0.181 e. The maximum absolute atomic E-state index is 8.64. The van der Waals surface area contributed by atoms with Gasteiger partial charge in [0.2, 0.25) is 0 Å². The molecule has 0 saturated carbocycles. The van der Waals surface area contributed by atoms with Gasteiger partial charge in [-0.1, -0.05) is 14.4 Å². The van der Waals surface area contributed by atoms with Gasteiger partial charge in [-0.05, 0) is 13.8 Å². The molecule has 3 saturated heterocycles. The van der Waals surface area contributed by atoms with Crippen LogP contribution in [0.1, 0.15) is 28.2 Å². The quantitative estimate of drug-likeness (QED) is 0.637. The number of thioether (sulfide) groups is 3. The molecule has 25 heavy (non-hydrogen) atoms. The van der Waals surface area contributed by atoms with E-state index in [4.69, 9.17) is 29.5 Å². The molecule has 0 bridgehead atoms. The molecule has 0 unspecified atom stereocenters. The van der Waals surface area contributed by atoms with E-state index in [0.29, 0.717) is 23.9 Å². The van der Waals surface area contributed by atoms with Crippen molar-refractivity contribution < 1.29 is 29.5 Å². The second-order valence-electron chi connectivity index (χ2n) is 5.68. The first-order valence-electron chi connectivity index (χ1n) is 8.12. The SMILES string of the molecule is C.C[C@H]1CO[C@@H](CO)O1.C[C@H]1CS[C@@H](CO)O1.C[C@H]1CS[C@@H](CO)S1. The molecule has 9 heteroatoms. The van der Waals surface area contributed by atoms with Crippen LogP contribution in [0.25, 0.3) is 0 Å². The number of ether oxygens (including phenoxy) is 3. The van der Waals surface area contributed by atoms with Crippen molar-refractivity contribution in [2.75, 3.05) is 37.9 Å². The summed E-state index contributed by atoms with van der Waals surface area (Å²) in [5, 5.41) is 26.4. The summed E-state index contributed by atoms with van der Waals surface area (Å²) < 4.78 is 15.7. The largest absolute Gasteiger partial charge is 0.394 e. The maximum atomic E-state index is 8.64. The third-order valence-electron chi connectivity index (χ3n) is 3.15. The molecule has 3 fully saturated rings. The Morgan fingerprint density at radius 2 is 1.60 bits per heavy atom.